The number of morpholine rings is 1. The van der Waals surface area contributed by atoms with Gasteiger partial charge in [0.25, 0.3) is 0 Å². The summed E-state index contributed by atoms with van der Waals surface area (Å²) in [6.07, 6.45) is 3.58. The van der Waals surface area contributed by atoms with Crippen LogP contribution in [0.2, 0.25) is 0 Å². The van der Waals surface area contributed by atoms with Gasteiger partial charge < -0.3 is 15.8 Å². The molecule has 0 bridgehead atoms. The van der Waals surface area contributed by atoms with Gasteiger partial charge in [0, 0.05) is 18.6 Å². The number of nitrogens with zero attached hydrogens (tertiary/aromatic N) is 1. The average molecular weight is 297 g/mol. The summed E-state index contributed by atoms with van der Waals surface area (Å²) < 4.78 is 5.57. The predicted molar refractivity (Wildman–Crippen MR) is 83.9 cm³/mol. The van der Waals surface area contributed by atoms with Crippen molar-refractivity contribution < 1.29 is 9.53 Å². The number of carbonyl (C=O) groups excluding carboxylic acids is 1. The first kappa shape index (κ1) is 16.7. The van der Waals surface area contributed by atoms with Crippen molar-refractivity contribution in [3.63, 3.8) is 0 Å². The Kier molecular flexibility index (Phi) is 6.02. The van der Waals surface area contributed by atoms with Crippen LogP contribution in [0.3, 0.4) is 0 Å². The van der Waals surface area contributed by atoms with Gasteiger partial charge >= 0.3 is 0 Å². The summed E-state index contributed by atoms with van der Waals surface area (Å²) in [5, 5.41) is 3.03. The first-order valence-electron chi connectivity index (χ1n) is 8.36. The molecule has 4 atom stereocenters. The maximum atomic E-state index is 12.5. The Bertz CT molecular complexity index is 348. The van der Waals surface area contributed by atoms with Crippen molar-refractivity contribution in [1.82, 2.24) is 10.2 Å². The molecule has 0 aromatic rings. The summed E-state index contributed by atoms with van der Waals surface area (Å²) in [6, 6.07) is 0.424. The van der Waals surface area contributed by atoms with Crippen molar-refractivity contribution in [1.29, 1.82) is 0 Å². The summed E-state index contributed by atoms with van der Waals surface area (Å²) >= 11 is 0. The molecule has 2 rings (SSSR count). The van der Waals surface area contributed by atoms with E-state index in [0.717, 1.165) is 18.9 Å². The van der Waals surface area contributed by atoms with Crippen LogP contribution in [-0.4, -0.2) is 55.2 Å². The highest BCUT2D eigenvalue weighted by atomic mass is 16.5. The lowest BCUT2D eigenvalue weighted by molar-refractivity contribution is -0.137. The van der Waals surface area contributed by atoms with Gasteiger partial charge in [-0.2, -0.15) is 0 Å². The van der Waals surface area contributed by atoms with Gasteiger partial charge in [-0.05, 0) is 45.1 Å². The second-order valence-electron chi connectivity index (χ2n) is 6.97. The van der Waals surface area contributed by atoms with Gasteiger partial charge in [0.15, 0.2) is 0 Å². The lowest BCUT2D eigenvalue weighted by atomic mass is 9.77. The lowest BCUT2D eigenvalue weighted by Gasteiger charge is -2.46. The Hall–Kier alpha value is -0.650. The number of ether oxygens (including phenoxy) is 1. The van der Waals surface area contributed by atoms with Crippen LogP contribution in [-0.2, 0) is 9.53 Å². The molecule has 1 aliphatic carbocycles. The topological polar surface area (TPSA) is 67.6 Å². The van der Waals surface area contributed by atoms with Gasteiger partial charge in [0.05, 0.1) is 13.2 Å². The first-order valence-corrected chi connectivity index (χ1v) is 8.36. The minimum atomic E-state index is -0.162. The van der Waals surface area contributed by atoms with E-state index in [-0.39, 0.29) is 18.0 Å². The van der Waals surface area contributed by atoms with E-state index in [2.05, 4.69) is 17.1 Å². The Morgan fingerprint density at radius 1 is 1.43 bits per heavy atom. The maximum Gasteiger partial charge on any atom is 0.239 e. The summed E-state index contributed by atoms with van der Waals surface area (Å²) in [6.45, 7) is 9.07. The molecule has 5 heteroatoms. The highest BCUT2D eigenvalue weighted by Crippen LogP contribution is 2.33. The van der Waals surface area contributed by atoms with Crippen LogP contribution in [0.25, 0.3) is 0 Å². The Morgan fingerprint density at radius 3 is 2.86 bits per heavy atom. The van der Waals surface area contributed by atoms with E-state index >= 15 is 0 Å². The van der Waals surface area contributed by atoms with Crippen LogP contribution in [0.1, 0.15) is 40.0 Å². The van der Waals surface area contributed by atoms with Crippen LogP contribution in [0.4, 0.5) is 0 Å². The molecule has 1 saturated heterocycles. The normalized spacial score (nSPS) is 34.9. The van der Waals surface area contributed by atoms with Gasteiger partial charge in [-0.15, -0.1) is 0 Å². The molecule has 1 aliphatic heterocycles. The fourth-order valence-corrected chi connectivity index (χ4v) is 3.72. The SMILES string of the molecule is CC1CCC(CN)C(N2CCOCC2C(=O)NC(C)C)C1. The van der Waals surface area contributed by atoms with Crippen molar-refractivity contribution in [3.8, 4) is 0 Å². The summed E-state index contributed by atoms with van der Waals surface area (Å²) in [4.78, 5) is 14.8. The van der Waals surface area contributed by atoms with Gasteiger partial charge in [-0.3, -0.25) is 9.69 Å². The third kappa shape index (κ3) is 4.18. The number of hydrogen-bond donors (Lipinski definition) is 2. The molecule has 0 spiro atoms. The number of carbonyl (C=O) groups is 1. The molecular formula is C16H31N3O2. The Morgan fingerprint density at radius 2 is 2.19 bits per heavy atom. The van der Waals surface area contributed by atoms with Crippen LogP contribution in [0.15, 0.2) is 0 Å². The van der Waals surface area contributed by atoms with E-state index < -0.39 is 0 Å². The zero-order chi connectivity index (χ0) is 15.4. The average Bonchev–Trinajstić information content (AvgIpc) is 2.46. The van der Waals surface area contributed by atoms with E-state index in [9.17, 15) is 4.79 Å². The Labute approximate surface area is 128 Å². The van der Waals surface area contributed by atoms with E-state index in [1.54, 1.807) is 0 Å². The third-order valence-electron chi connectivity index (χ3n) is 4.85. The van der Waals surface area contributed by atoms with Crippen molar-refractivity contribution in [2.45, 2.75) is 58.2 Å². The summed E-state index contributed by atoms with van der Waals surface area (Å²) in [5.41, 5.74) is 5.99. The molecule has 4 unspecified atom stereocenters. The zero-order valence-corrected chi connectivity index (χ0v) is 13.7. The molecule has 3 N–H and O–H groups in total. The van der Waals surface area contributed by atoms with E-state index in [1.165, 1.54) is 12.8 Å². The molecule has 2 aliphatic rings. The largest absolute Gasteiger partial charge is 0.378 e. The van der Waals surface area contributed by atoms with Crippen LogP contribution in [0.5, 0.6) is 0 Å². The molecule has 2 fully saturated rings. The van der Waals surface area contributed by atoms with Crippen molar-refractivity contribution in [2.75, 3.05) is 26.3 Å². The minimum Gasteiger partial charge on any atom is -0.378 e. The highest BCUT2D eigenvalue weighted by Gasteiger charge is 2.39. The third-order valence-corrected chi connectivity index (χ3v) is 4.85. The zero-order valence-electron chi connectivity index (χ0n) is 13.7. The van der Waals surface area contributed by atoms with Crippen molar-refractivity contribution >= 4 is 5.91 Å². The Balaban J connectivity index is 2.10. The minimum absolute atomic E-state index is 0.0960. The fraction of sp³-hybridized carbons (Fsp3) is 0.938. The van der Waals surface area contributed by atoms with E-state index in [4.69, 9.17) is 10.5 Å². The van der Waals surface area contributed by atoms with E-state index in [1.807, 2.05) is 13.8 Å². The van der Waals surface area contributed by atoms with Gasteiger partial charge in [-0.1, -0.05) is 13.3 Å². The molecule has 21 heavy (non-hydrogen) atoms. The molecule has 1 heterocycles. The highest BCUT2D eigenvalue weighted by molar-refractivity contribution is 5.82. The number of rotatable bonds is 4. The standard InChI is InChI=1S/C16H31N3O2/c1-11(2)18-16(20)15-10-21-7-6-19(15)14-8-12(3)4-5-13(14)9-17/h11-15H,4-10,17H2,1-3H3,(H,18,20). The molecule has 1 saturated carbocycles. The van der Waals surface area contributed by atoms with Crippen LogP contribution in [0, 0.1) is 11.8 Å². The van der Waals surface area contributed by atoms with Crippen molar-refractivity contribution in [3.05, 3.63) is 0 Å². The second-order valence-corrected chi connectivity index (χ2v) is 6.97. The monoisotopic (exact) mass is 297 g/mol. The van der Waals surface area contributed by atoms with E-state index in [0.29, 0.717) is 31.7 Å². The molecule has 122 valence electrons. The fourth-order valence-electron chi connectivity index (χ4n) is 3.72. The molecule has 5 nitrogen and oxygen atoms in total. The molecule has 0 aromatic heterocycles. The molecule has 0 aromatic carbocycles. The molecule has 1 amide bonds. The lowest BCUT2D eigenvalue weighted by Crippen LogP contribution is -2.61. The second kappa shape index (κ2) is 7.56. The maximum absolute atomic E-state index is 12.5. The summed E-state index contributed by atoms with van der Waals surface area (Å²) in [5.74, 6) is 1.32. The predicted octanol–water partition coefficient (Wildman–Crippen LogP) is 0.975. The van der Waals surface area contributed by atoms with Crippen LogP contribution >= 0.6 is 0 Å². The number of nitrogens with one attached hydrogen (secondary N) is 1. The number of amides is 1. The quantitative estimate of drug-likeness (QED) is 0.811. The molecule has 0 radical (unpaired) electrons. The smallest absolute Gasteiger partial charge is 0.239 e. The summed E-state index contributed by atoms with van der Waals surface area (Å²) in [7, 11) is 0. The number of hydrogen-bond acceptors (Lipinski definition) is 4. The van der Waals surface area contributed by atoms with Crippen LogP contribution < -0.4 is 11.1 Å². The first-order chi connectivity index (χ1) is 10.0. The van der Waals surface area contributed by atoms with Gasteiger partial charge in [0.2, 0.25) is 5.91 Å². The molecular weight excluding hydrogens is 266 g/mol. The van der Waals surface area contributed by atoms with Gasteiger partial charge in [0.1, 0.15) is 6.04 Å². The number of nitrogens with two attached hydrogens (primary N) is 1. The van der Waals surface area contributed by atoms with Gasteiger partial charge in [-0.25, -0.2) is 0 Å². The van der Waals surface area contributed by atoms with Crippen molar-refractivity contribution in [2.24, 2.45) is 17.6 Å².